The van der Waals surface area contributed by atoms with Crippen LogP contribution in [0.15, 0.2) is 0 Å². The van der Waals surface area contributed by atoms with Gasteiger partial charge in [0, 0.05) is 13.1 Å². The first kappa shape index (κ1) is 27.0. The highest BCUT2D eigenvalue weighted by Gasteiger charge is 2.20. The molecule has 29 heavy (non-hydrogen) atoms. The lowest BCUT2D eigenvalue weighted by atomic mass is 10.2. The quantitative estimate of drug-likeness (QED) is 0.414. The lowest BCUT2D eigenvalue weighted by Gasteiger charge is -2.23. The number of amides is 2. The Balaban J connectivity index is 4.56. The third-order valence-corrected chi connectivity index (χ3v) is 3.02. The molecule has 0 bridgehead atoms. The Labute approximate surface area is 174 Å². The first-order valence-corrected chi connectivity index (χ1v) is 9.89. The van der Waals surface area contributed by atoms with Crippen LogP contribution in [0.2, 0.25) is 0 Å². The Kier molecular flexibility index (Phi) is 11.6. The van der Waals surface area contributed by atoms with Gasteiger partial charge in [-0.25, -0.2) is 14.4 Å². The summed E-state index contributed by atoms with van der Waals surface area (Å²) in [6.45, 7) is 14.9. The Morgan fingerprint density at radius 3 is 1.86 bits per heavy atom. The van der Waals surface area contributed by atoms with Crippen molar-refractivity contribution in [2.24, 2.45) is 5.92 Å². The molecule has 9 heteroatoms. The number of rotatable bonds is 10. The fourth-order valence-corrected chi connectivity index (χ4v) is 1.89. The van der Waals surface area contributed by atoms with E-state index < -0.39 is 35.5 Å². The zero-order valence-electron chi connectivity index (χ0n) is 19.0. The molecule has 0 radical (unpaired) electrons. The maximum atomic E-state index is 11.8. The molecule has 0 saturated carbocycles. The molecule has 170 valence electrons. The molecule has 2 N–H and O–H groups in total. The van der Waals surface area contributed by atoms with Crippen molar-refractivity contribution in [2.75, 3.05) is 26.3 Å². The van der Waals surface area contributed by atoms with E-state index in [4.69, 9.17) is 18.9 Å². The molecule has 0 aliphatic heterocycles. The summed E-state index contributed by atoms with van der Waals surface area (Å²) in [4.78, 5) is 35.4. The lowest BCUT2D eigenvalue weighted by Crippen LogP contribution is -2.40. The van der Waals surface area contributed by atoms with Gasteiger partial charge in [-0.1, -0.05) is 13.8 Å². The van der Waals surface area contributed by atoms with Crippen molar-refractivity contribution in [1.29, 1.82) is 0 Å². The lowest BCUT2D eigenvalue weighted by molar-refractivity contribution is -0.152. The fraction of sp³-hybridized carbons (Fsp3) is 0.850. The Bertz CT molecular complexity index is 522. The van der Waals surface area contributed by atoms with Gasteiger partial charge >= 0.3 is 18.2 Å². The first-order chi connectivity index (χ1) is 13.2. The molecular formula is C20H38N2O7. The van der Waals surface area contributed by atoms with Crippen LogP contribution in [0.5, 0.6) is 0 Å². The van der Waals surface area contributed by atoms with Gasteiger partial charge in [0.25, 0.3) is 0 Å². The minimum absolute atomic E-state index is 0.113. The van der Waals surface area contributed by atoms with Crippen LogP contribution in [0.25, 0.3) is 0 Å². The molecule has 1 unspecified atom stereocenters. The Morgan fingerprint density at radius 1 is 0.862 bits per heavy atom. The first-order valence-electron chi connectivity index (χ1n) is 9.89. The largest absolute Gasteiger partial charge is 0.464 e. The van der Waals surface area contributed by atoms with E-state index in [1.807, 2.05) is 13.8 Å². The number of nitrogens with one attached hydrogen (secondary N) is 2. The number of ether oxygens (including phenoxy) is 4. The molecule has 0 spiro atoms. The summed E-state index contributed by atoms with van der Waals surface area (Å²) in [5.74, 6) is -0.261. The van der Waals surface area contributed by atoms with Crippen LogP contribution in [-0.2, 0) is 23.7 Å². The summed E-state index contributed by atoms with van der Waals surface area (Å²) in [5, 5.41) is 5.23. The Hall–Kier alpha value is -2.03. The zero-order chi connectivity index (χ0) is 22.7. The second kappa shape index (κ2) is 12.5. The smallest absolute Gasteiger partial charge is 0.407 e. The molecule has 2 amide bonds. The van der Waals surface area contributed by atoms with Gasteiger partial charge in [0.1, 0.15) is 17.8 Å². The monoisotopic (exact) mass is 418 g/mol. The van der Waals surface area contributed by atoms with Crippen molar-refractivity contribution in [1.82, 2.24) is 10.6 Å². The van der Waals surface area contributed by atoms with Crippen molar-refractivity contribution in [3.05, 3.63) is 0 Å². The van der Waals surface area contributed by atoms with Gasteiger partial charge in [-0.2, -0.15) is 0 Å². The van der Waals surface area contributed by atoms with Crippen molar-refractivity contribution in [3.8, 4) is 0 Å². The van der Waals surface area contributed by atoms with Crippen LogP contribution in [0, 0.1) is 5.92 Å². The highest BCUT2D eigenvalue weighted by Crippen LogP contribution is 2.08. The standard InChI is InChI=1S/C20H38N2O7/c1-14(2)12-27-16(23)13-26-15(11-22-18(25)29-20(6,7)8)9-10-21-17(24)28-19(3,4)5/h14-15H,9-13H2,1-8H3,(H,21,24)(H,22,25). The van der Waals surface area contributed by atoms with Gasteiger partial charge in [-0.15, -0.1) is 0 Å². The topological polar surface area (TPSA) is 112 Å². The minimum Gasteiger partial charge on any atom is -0.464 e. The predicted octanol–water partition coefficient (Wildman–Crippen LogP) is 3.01. The van der Waals surface area contributed by atoms with Gasteiger partial charge in [0.15, 0.2) is 0 Å². The minimum atomic E-state index is -0.626. The molecule has 0 aliphatic rings. The molecule has 0 aromatic carbocycles. The number of esters is 1. The number of hydrogen-bond acceptors (Lipinski definition) is 7. The molecule has 0 saturated heterocycles. The molecule has 9 nitrogen and oxygen atoms in total. The maximum Gasteiger partial charge on any atom is 0.407 e. The van der Waals surface area contributed by atoms with Crippen molar-refractivity contribution in [2.45, 2.75) is 79.1 Å². The molecule has 1 atom stereocenters. The van der Waals surface area contributed by atoms with Gasteiger partial charge in [0.2, 0.25) is 0 Å². The molecular weight excluding hydrogens is 380 g/mol. The molecule has 0 aromatic heterocycles. The van der Waals surface area contributed by atoms with Crippen molar-refractivity contribution >= 4 is 18.2 Å². The summed E-state index contributed by atoms with van der Waals surface area (Å²) >= 11 is 0. The van der Waals surface area contributed by atoms with E-state index in [9.17, 15) is 14.4 Å². The van der Waals surface area contributed by atoms with E-state index in [0.29, 0.717) is 13.0 Å². The van der Waals surface area contributed by atoms with Crippen LogP contribution < -0.4 is 10.6 Å². The van der Waals surface area contributed by atoms with Crippen molar-refractivity contribution in [3.63, 3.8) is 0 Å². The summed E-state index contributed by atoms with van der Waals surface area (Å²) in [6.07, 6.45) is -1.31. The summed E-state index contributed by atoms with van der Waals surface area (Å²) < 4.78 is 21.0. The van der Waals surface area contributed by atoms with Crippen molar-refractivity contribution < 1.29 is 33.3 Å². The second-order valence-corrected chi connectivity index (χ2v) is 9.11. The molecule has 0 aromatic rings. The molecule has 0 rings (SSSR count). The third kappa shape index (κ3) is 17.8. The summed E-state index contributed by atoms with van der Waals surface area (Å²) in [5.41, 5.74) is -1.22. The SMILES string of the molecule is CC(C)COC(=O)COC(CCNC(=O)OC(C)(C)C)CNC(=O)OC(C)(C)C. The highest BCUT2D eigenvalue weighted by molar-refractivity contribution is 5.70. The van der Waals surface area contributed by atoms with E-state index in [2.05, 4.69) is 10.6 Å². The molecule has 0 aliphatic carbocycles. The van der Waals surface area contributed by atoms with Gasteiger partial charge in [-0.05, 0) is 53.9 Å². The predicted molar refractivity (Wildman–Crippen MR) is 109 cm³/mol. The van der Waals surface area contributed by atoms with Crippen LogP contribution in [0.3, 0.4) is 0 Å². The number of carbonyl (C=O) groups is 3. The summed E-state index contributed by atoms with van der Waals surface area (Å²) in [6, 6.07) is 0. The van der Waals surface area contributed by atoms with Crippen LogP contribution in [0.4, 0.5) is 9.59 Å². The normalized spacial score (nSPS) is 12.9. The second-order valence-electron chi connectivity index (χ2n) is 9.11. The molecule has 0 fully saturated rings. The Morgan fingerprint density at radius 2 is 1.38 bits per heavy atom. The number of hydrogen-bond donors (Lipinski definition) is 2. The molecule has 0 heterocycles. The van der Waals surface area contributed by atoms with Gasteiger partial charge < -0.3 is 29.6 Å². The zero-order valence-corrected chi connectivity index (χ0v) is 19.0. The van der Waals surface area contributed by atoms with Gasteiger partial charge in [0.05, 0.1) is 12.7 Å². The number of alkyl carbamates (subject to hydrolysis) is 2. The van der Waals surface area contributed by atoms with Crippen LogP contribution >= 0.6 is 0 Å². The van der Waals surface area contributed by atoms with E-state index in [1.54, 1.807) is 41.5 Å². The van der Waals surface area contributed by atoms with Gasteiger partial charge in [-0.3, -0.25) is 0 Å². The van der Waals surface area contributed by atoms with Crippen LogP contribution in [0.1, 0.15) is 61.8 Å². The van der Waals surface area contributed by atoms with E-state index in [-0.39, 0.29) is 25.6 Å². The highest BCUT2D eigenvalue weighted by atomic mass is 16.6. The van der Waals surface area contributed by atoms with Crippen LogP contribution in [-0.4, -0.2) is 61.8 Å². The van der Waals surface area contributed by atoms with E-state index >= 15 is 0 Å². The number of carbonyl (C=O) groups excluding carboxylic acids is 3. The third-order valence-electron chi connectivity index (χ3n) is 3.02. The van der Waals surface area contributed by atoms with E-state index in [1.165, 1.54) is 0 Å². The maximum absolute atomic E-state index is 11.8. The van der Waals surface area contributed by atoms with E-state index in [0.717, 1.165) is 0 Å². The average Bonchev–Trinajstić information content (AvgIpc) is 2.51. The fourth-order valence-electron chi connectivity index (χ4n) is 1.89. The average molecular weight is 419 g/mol. The summed E-state index contributed by atoms with van der Waals surface area (Å²) in [7, 11) is 0.